The minimum absolute atomic E-state index is 0. The van der Waals surface area contributed by atoms with Crippen molar-refractivity contribution in [2.75, 3.05) is 0 Å². The molecule has 2 fully saturated rings. The number of fused-ring (bicyclic) bond motifs is 2. The highest BCUT2D eigenvalue weighted by Gasteiger charge is 2.40. The smallest absolute Gasteiger partial charge is 0.272 e. The van der Waals surface area contributed by atoms with Gasteiger partial charge in [0.1, 0.15) is 0 Å². The van der Waals surface area contributed by atoms with Crippen LogP contribution in [0.5, 0.6) is 0 Å². The van der Waals surface area contributed by atoms with Crippen LogP contribution in [0.1, 0.15) is 42.6 Å². The first kappa shape index (κ1) is 17.5. The number of carbonyl (C=O) groups excluding carboxylic acids is 1. The fourth-order valence-corrected chi connectivity index (χ4v) is 4.94. The Morgan fingerprint density at radius 2 is 2.08 bits per heavy atom. The summed E-state index contributed by atoms with van der Waals surface area (Å²) in [6.45, 7) is 0. The molecule has 0 saturated heterocycles. The number of aromatic nitrogens is 2. The summed E-state index contributed by atoms with van der Waals surface area (Å²) in [5, 5.41) is 12.4. The zero-order valence-electron chi connectivity index (χ0n) is 13.4. The van der Waals surface area contributed by atoms with Crippen molar-refractivity contribution in [3.8, 4) is 10.6 Å². The second kappa shape index (κ2) is 7.25. The molecule has 2 saturated carbocycles. The molecule has 4 N–H and O–H groups in total. The molecular formula is C17H23ClN4OS. The molecule has 2 aliphatic carbocycles. The summed E-state index contributed by atoms with van der Waals surface area (Å²) in [4.78, 5) is 13.7. The van der Waals surface area contributed by atoms with Gasteiger partial charge in [-0.3, -0.25) is 9.89 Å². The minimum atomic E-state index is -0.0681. The third-order valence-electron chi connectivity index (χ3n) is 5.27. The number of nitrogens with zero attached hydrogens (tertiary/aromatic N) is 1. The summed E-state index contributed by atoms with van der Waals surface area (Å²) in [7, 11) is 0. The summed E-state index contributed by atoms with van der Waals surface area (Å²) >= 11 is 1.63. The van der Waals surface area contributed by atoms with Gasteiger partial charge in [0.2, 0.25) is 0 Å². The van der Waals surface area contributed by atoms with E-state index in [4.69, 9.17) is 5.73 Å². The predicted molar refractivity (Wildman–Crippen MR) is 98.4 cm³/mol. The van der Waals surface area contributed by atoms with Crippen molar-refractivity contribution in [1.82, 2.24) is 15.5 Å². The van der Waals surface area contributed by atoms with Crippen molar-refractivity contribution in [3.05, 3.63) is 29.3 Å². The molecule has 0 radical (unpaired) electrons. The number of nitrogens with two attached hydrogens (primary N) is 1. The number of hydrogen-bond donors (Lipinski definition) is 3. The molecule has 2 unspecified atom stereocenters. The lowest BCUT2D eigenvalue weighted by Crippen LogP contribution is -2.53. The molecule has 4 rings (SSSR count). The number of hydrogen-bond acceptors (Lipinski definition) is 4. The van der Waals surface area contributed by atoms with E-state index in [-0.39, 0.29) is 24.4 Å². The van der Waals surface area contributed by atoms with Crippen molar-refractivity contribution in [2.24, 2.45) is 17.6 Å². The molecule has 0 spiro atoms. The van der Waals surface area contributed by atoms with Gasteiger partial charge < -0.3 is 11.1 Å². The van der Waals surface area contributed by atoms with Crippen LogP contribution in [0.25, 0.3) is 10.6 Å². The monoisotopic (exact) mass is 366 g/mol. The van der Waals surface area contributed by atoms with Gasteiger partial charge in [0.05, 0.1) is 10.6 Å². The molecule has 1 amide bonds. The first-order valence-corrected chi connectivity index (χ1v) is 9.24. The Kier molecular flexibility index (Phi) is 5.27. The Bertz CT molecular complexity index is 673. The van der Waals surface area contributed by atoms with Crippen LogP contribution in [0.3, 0.4) is 0 Å². The third kappa shape index (κ3) is 3.36. The Hall–Kier alpha value is -1.37. The van der Waals surface area contributed by atoms with Gasteiger partial charge >= 0.3 is 0 Å². The molecule has 2 atom stereocenters. The fraction of sp³-hybridized carbons (Fsp3) is 0.529. The van der Waals surface area contributed by atoms with Gasteiger partial charge in [-0.1, -0.05) is 12.5 Å². The van der Waals surface area contributed by atoms with Gasteiger partial charge in [-0.15, -0.1) is 23.7 Å². The molecule has 2 aliphatic rings. The number of aromatic amines is 1. The normalized spacial score (nSPS) is 28.9. The molecule has 2 heterocycles. The molecule has 0 aliphatic heterocycles. The van der Waals surface area contributed by atoms with Crippen molar-refractivity contribution in [3.63, 3.8) is 0 Å². The van der Waals surface area contributed by atoms with Crippen LogP contribution in [0.4, 0.5) is 0 Å². The zero-order chi connectivity index (χ0) is 15.8. The van der Waals surface area contributed by atoms with Gasteiger partial charge in [-0.2, -0.15) is 5.10 Å². The molecule has 0 aromatic carbocycles. The van der Waals surface area contributed by atoms with Crippen molar-refractivity contribution in [1.29, 1.82) is 0 Å². The van der Waals surface area contributed by atoms with E-state index in [1.165, 1.54) is 19.3 Å². The number of nitrogens with one attached hydrogen (secondary N) is 2. The summed E-state index contributed by atoms with van der Waals surface area (Å²) in [5.41, 5.74) is 7.53. The van der Waals surface area contributed by atoms with Crippen molar-refractivity contribution < 1.29 is 4.79 Å². The van der Waals surface area contributed by atoms with Crippen molar-refractivity contribution in [2.45, 2.75) is 44.2 Å². The van der Waals surface area contributed by atoms with E-state index in [2.05, 4.69) is 15.5 Å². The lowest BCUT2D eigenvalue weighted by atomic mass is 9.67. The van der Waals surface area contributed by atoms with Crippen molar-refractivity contribution >= 4 is 29.7 Å². The van der Waals surface area contributed by atoms with Crippen LogP contribution >= 0.6 is 23.7 Å². The average molecular weight is 367 g/mol. The van der Waals surface area contributed by atoms with E-state index < -0.39 is 0 Å². The molecule has 2 bridgehead atoms. The number of rotatable bonds is 3. The standard InChI is InChI=1S/C17H22N4OS.ClH/c18-12-7-10-3-1-4-11(8-12)16(10)19-17(22)14-9-13(20-21-14)15-5-2-6-23-15;/h2,5-6,9-12,16H,1,3-4,7-8,18H2,(H,19,22)(H,20,21);1H. The number of H-pyrrole nitrogens is 1. The lowest BCUT2D eigenvalue weighted by Gasteiger charge is -2.45. The van der Waals surface area contributed by atoms with Crippen LogP contribution in [-0.4, -0.2) is 28.2 Å². The number of carbonyl (C=O) groups is 1. The highest BCUT2D eigenvalue weighted by atomic mass is 35.5. The summed E-state index contributed by atoms with van der Waals surface area (Å²) in [6, 6.07) is 6.41. The summed E-state index contributed by atoms with van der Waals surface area (Å²) < 4.78 is 0. The number of halogens is 1. The summed E-state index contributed by atoms with van der Waals surface area (Å²) in [5.74, 6) is 0.982. The number of amides is 1. The fourth-order valence-electron chi connectivity index (χ4n) is 4.25. The first-order chi connectivity index (χ1) is 11.2. The second-order valence-corrected chi connectivity index (χ2v) is 7.77. The maximum Gasteiger partial charge on any atom is 0.272 e. The van der Waals surface area contributed by atoms with Crippen LogP contribution in [0, 0.1) is 11.8 Å². The van der Waals surface area contributed by atoms with Gasteiger partial charge in [-0.25, -0.2) is 0 Å². The van der Waals surface area contributed by atoms with E-state index in [0.29, 0.717) is 23.6 Å². The van der Waals surface area contributed by atoms with Crippen LogP contribution in [0.2, 0.25) is 0 Å². The van der Waals surface area contributed by atoms with E-state index in [9.17, 15) is 4.79 Å². The van der Waals surface area contributed by atoms with E-state index in [1.807, 2.05) is 23.6 Å². The molecule has 2 aromatic rings. The van der Waals surface area contributed by atoms with Gasteiger partial charge in [0.15, 0.2) is 5.69 Å². The Balaban J connectivity index is 0.00000169. The van der Waals surface area contributed by atoms with E-state index in [0.717, 1.165) is 23.4 Å². The largest absolute Gasteiger partial charge is 0.347 e. The number of thiophene rings is 1. The maximum absolute atomic E-state index is 12.6. The SMILES string of the molecule is Cl.NC1CC2CCCC(C1)C2NC(=O)c1cc(-c2cccs2)[nH]n1. The highest BCUT2D eigenvalue weighted by Crippen LogP contribution is 2.39. The summed E-state index contributed by atoms with van der Waals surface area (Å²) in [6.07, 6.45) is 5.68. The van der Waals surface area contributed by atoms with E-state index in [1.54, 1.807) is 11.3 Å². The zero-order valence-corrected chi connectivity index (χ0v) is 15.0. The minimum Gasteiger partial charge on any atom is -0.347 e. The average Bonchev–Trinajstić information content (AvgIpc) is 3.19. The van der Waals surface area contributed by atoms with E-state index >= 15 is 0 Å². The van der Waals surface area contributed by atoms with Crippen LogP contribution < -0.4 is 11.1 Å². The van der Waals surface area contributed by atoms with Gasteiger partial charge in [0, 0.05) is 12.1 Å². The van der Waals surface area contributed by atoms with Gasteiger partial charge in [-0.05, 0) is 55.0 Å². The second-order valence-electron chi connectivity index (χ2n) is 6.83. The topological polar surface area (TPSA) is 83.8 Å². The van der Waals surface area contributed by atoms with Crippen LogP contribution in [-0.2, 0) is 0 Å². The quantitative estimate of drug-likeness (QED) is 0.779. The molecule has 2 aromatic heterocycles. The Morgan fingerprint density at radius 1 is 1.33 bits per heavy atom. The van der Waals surface area contributed by atoms with Gasteiger partial charge in [0.25, 0.3) is 5.91 Å². The third-order valence-corrected chi connectivity index (χ3v) is 6.17. The maximum atomic E-state index is 12.6. The molecule has 7 heteroatoms. The molecule has 5 nitrogen and oxygen atoms in total. The van der Waals surface area contributed by atoms with Crippen LogP contribution in [0.15, 0.2) is 23.6 Å². The molecule has 24 heavy (non-hydrogen) atoms. The molecular weight excluding hydrogens is 344 g/mol. The lowest BCUT2D eigenvalue weighted by molar-refractivity contribution is 0.0751. The Labute approximate surface area is 151 Å². The predicted octanol–water partition coefficient (Wildman–Crippen LogP) is 3.20. The highest BCUT2D eigenvalue weighted by molar-refractivity contribution is 7.13. The Morgan fingerprint density at radius 3 is 2.75 bits per heavy atom. The molecule has 130 valence electrons. The first-order valence-electron chi connectivity index (χ1n) is 8.36.